The standard InChI is InChI=1S/C24H27ClN4O/c1-16-12-20(13-17(2)21(16)25)30-24-22(26)23(27-15-28-24)29-10-8-19(9-11-29)14-18-6-4-3-5-7-18/h3-7,12-13,15,19H,8-11,14,26H2,1-2H3. The number of aryl methyl sites for hydroxylation is 2. The van der Waals surface area contributed by atoms with Crippen LogP contribution in [0.5, 0.6) is 11.6 Å². The third-order valence-corrected chi connectivity index (χ3v) is 6.33. The first kappa shape index (κ1) is 20.5. The molecular weight excluding hydrogens is 396 g/mol. The van der Waals surface area contributed by atoms with E-state index in [2.05, 4.69) is 45.2 Å². The summed E-state index contributed by atoms with van der Waals surface area (Å²) in [5.74, 6) is 2.49. The molecule has 1 saturated heterocycles. The Kier molecular flexibility index (Phi) is 6.09. The summed E-state index contributed by atoms with van der Waals surface area (Å²) in [6.07, 6.45) is 4.87. The highest BCUT2D eigenvalue weighted by Crippen LogP contribution is 2.35. The molecule has 0 atom stereocenters. The molecule has 0 amide bonds. The molecule has 1 aliphatic rings. The predicted molar refractivity (Wildman–Crippen MR) is 123 cm³/mol. The normalized spacial score (nSPS) is 14.7. The van der Waals surface area contributed by atoms with Crippen LogP contribution in [0, 0.1) is 19.8 Å². The van der Waals surface area contributed by atoms with Gasteiger partial charge in [-0.05, 0) is 67.9 Å². The van der Waals surface area contributed by atoms with Crippen molar-refractivity contribution < 1.29 is 4.74 Å². The van der Waals surface area contributed by atoms with Gasteiger partial charge in [0.05, 0.1) is 0 Å². The number of hydrogen-bond acceptors (Lipinski definition) is 5. The van der Waals surface area contributed by atoms with Crippen LogP contribution in [0.3, 0.4) is 0 Å². The van der Waals surface area contributed by atoms with Crippen LogP contribution >= 0.6 is 11.6 Å². The van der Waals surface area contributed by atoms with E-state index in [1.54, 1.807) is 0 Å². The molecule has 0 aliphatic carbocycles. The van der Waals surface area contributed by atoms with E-state index in [1.165, 1.54) is 11.9 Å². The van der Waals surface area contributed by atoms with Gasteiger partial charge in [0.2, 0.25) is 5.88 Å². The Balaban J connectivity index is 1.45. The minimum Gasteiger partial charge on any atom is -0.437 e. The number of ether oxygens (including phenoxy) is 1. The van der Waals surface area contributed by atoms with Crippen molar-refractivity contribution in [2.45, 2.75) is 33.1 Å². The largest absolute Gasteiger partial charge is 0.437 e. The van der Waals surface area contributed by atoms with Gasteiger partial charge in [-0.1, -0.05) is 41.9 Å². The van der Waals surface area contributed by atoms with E-state index in [9.17, 15) is 0 Å². The first-order valence-corrected chi connectivity index (χ1v) is 10.7. The number of piperidine rings is 1. The second-order valence-corrected chi connectivity index (χ2v) is 8.39. The summed E-state index contributed by atoms with van der Waals surface area (Å²) in [6.45, 7) is 5.77. The molecule has 156 valence electrons. The molecular formula is C24H27ClN4O. The summed E-state index contributed by atoms with van der Waals surface area (Å²) >= 11 is 6.26. The average Bonchev–Trinajstić information content (AvgIpc) is 2.75. The van der Waals surface area contributed by atoms with Crippen molar-refractivity contribution in [1.82, 2.24) is 9.97 Å². The number of benzene rings is 2. The van der Waals surface area contributed by atoms with Gasteiger partial charge >= 0.3 is 0 Å². The number of nitrogens with two attached hydrogens (primary N) is 1. The maximum atomic E-state index is 6.41. The molecule has 2 N–H and O–H groups in total. The molecule has 2 aromatic carbocycles. The molecule has 0 bridgehead atoms. The molecule has 5 nitrogen and oxygen atoms in total. The summed E-state index contributed by atoms with van der Waals surface area (Å²) in [7, 11) is 0. The lowest BCUT2D eigenvalue weighted by Crippen LogP contribution is -2.35. The predicted octanol–water partition coefficient (Wildman–Crippen LogP) is 5.58. The highest BCUT2D eigenvalue weighted by atomic mass is 35.5. The van der Waals surface area contributed by atoms with Crippen LogP contribution in [0.1, 0.15) is 29.5 Å². The van der Waals surface area contributed by atoms with E-state index in [1.807, 2.05) is 26.0 Å². The van der Waals surface area contributed by atoms with Crippen LogP contribution < -0.4 is 15.4 Å². The molecule has 1 fully saturated rings. The van der Waals surface area contributed by atoms with Gasteiger partial charge in [0.15, 0.2) is 5.82 Å². The Labute approximate surface area is 182 Å². The highest BCUT2D eigenvalue weighted by Gasteiger charge is 2.23. The Bertz CT molecular complexity index is 994. The van der Waals surface area contributed by atoms with Gasteiger partial charge in [0.25, 0.3) is 0 Å². The molecule has 0 saturated carbocycles. The molecule has 0 spiro atoms. The maximum absolute atomic E-state index is 6.41. The summed E-state index contributed by atoms with van der Waals surface area (Å²) in [4.78, 5) is 11.0. The summed E-state index contributed by atoms with van der Waals surface area (Å²) in [6, 6.07) is 14.5. The van der Waals surface area contributed by atoms with Gasteiger partial charge in [0, 0.05) is 18.1 Å². The minimum atomic E-state index is 0.382. The molecule has 1 aliphatic heterocycles. The Morgan fingerprint density at radius 2 is 1.73 bits per heavy atom. The molecule has 3 aromatic rings. The van der Waals surface area contributed by atoms with E-state index in [-0.39, 0.29) is 0 Å². The Morgan fingerprint density at radius 3 is 2.40 bits per heavy atom. The molecule has 2 heterocycles. The van der Waals surface area contributed by atoms with Crippen LogP contribution in [-0.4, -0.2) is 23.1 Å². The topological polar surface area (TPSA) is 64.3 Å². The lowest BCUT2D eigenvalue weighted by Gasteiger charge is -2.33. The highest BCUT2D eigenvalue weighted by molar-refractivity contribution is 6.32. The SMILES string of the molecule is Cc1cc(Oc2ncnc(N3CCC(Cc4ccccc4)CC3)c2N)cc(C)c1Cl. The fourth-order valence-electron chi connectivity index (χ4n) is 4.08. The number of aromatic nitrogens is 2. The van der Waals surface area contributed by atoms with Gasteiger partial charge in [-0.25, -0.2) is 4.98 Å². The number of nitrogen functional groups attached to an aromatic ring is 1. The monoisotopic (exact) mass is 422 g/mol. The number of rotatable bonds is 5. The van der Waals surface area contributed by atoms with E-state index in [4.69, 9.17) is 22.1 Å². The number of nitrogens with zero attached hydrogens (tertiary/aromatic N) is 3. The van der Waals surface area contributed by atoms with Crippen molar-refractivity contribution in [1.29, 1.82) is 0 Å². The van der Waals surface area contributed by atoms with Crippen molar-refractivity contribution >= 4 is 23.1 Å². The van der Waals surface area contributed by atoms with Crippen molar-refractivity contribution in [3.8, 4) is 11.6 Å². The van der Waals surface area contributed by atoms with E-state index < -0.39 is 0 Å². The lowest BCUT2D eigenvalue weighted by atomic mass is 9.90. The average molecular weight is 423 g/mol. The molecule has 1 aromatic heterocycles. The zero-order chi connectivity index (χ0) is 21.1. The van der Waals surface area contributed by atoms with Crippen molar-refractivity contribution in [2.24, 2.45) is 5.92 Å². The third-order valence-electron chi connectivity index (χ3n) is 5.73. The number of anilines is 2. The second-order valence-electron chi connectivity index (χ2n) is 8.01. The molecule has 0 radical (unpaired) electrons. The van der Waals surface area contributed by atoms with Gasteiger partial charge in [0.1, 0.15) is 17.8 Å². The van der Waals surface area contributed by atoms with Crippen molar-refractivity contribution in [3.05, 3.63) is 70.5 Å². The van der Waals surface area contributed by atoms with Crippen LogP contribution in [0.4, 0.5) is 11.5 Å². The minimum absolute atomic E-state index is 0.382. The lowest BCUT2D eigenvalue weighted by molar-refractivity contribution is 0.401. The number of hydrogen-bond donors (Lipinski definition) is 1. The first-order valence-electron chi connectivity index (χ1n) is 10.3. The van der Waals surface area contributed by atoms with Gasteiger partial charge in [-0.2, -0.15) is 4.98 Å². The van der Waals surface area contributed by atoms with Crippen molar-refractivity contribution in [3.63, 3.8) is 0 Å². The van der Waals surface area contributed by atoms with Gasteiger partial charge in [-0.3, -0.25) is 0 Å². The van der Waals surface area contributed by atoms with Crippen LogP contribution in [0.25, 0.3) is 0 Å². The Hall–Kier alpha value is -2.79. The van der Waals surface area contributed by atoms with Gasteiger partial charge in [-0.15, -0.1) is 0 Å². The van der Waals surface area contributed by atoms with Crippen molar-refractivity contribution in [2.75, 3.05) is 23.7 Å². The fraction of sp³-hybridized carbons (Fsp3) is 0.333. The zero-order valence-electron chi connectivity index (χ0n) is 17.4. The molecule has 30 heavy (non-hydrogen) atoms. The smallest absolute Gasteiger partial charge is 0.248 e. The Morgan fingerprint density at radius 1 is 1.07 bits per heavy atom. The van der Waals surface area contributed by atoms with Crippen LogP contribution in [-0.2, 0) is 6.42 Å². The molecule has 4 rings (SSSR count). The quantitative estimate of drug-likeness (QED) is 0.581. The van der Waals surface area contributed by atoms with Crippen LogP contribution in [0.2, 0.25) is 5.02 Å². The maximum Gasteiger partial charge on any atom is 0.248 e. The number of halogens is 1. The van der Waals surface area contributed by atoms with Crippen LogP contribution in [0.15, 0.2) is 48.8 Å². The van der Waals surface area contributed by atoms with E-state index >= 15 is 0 Å². The zero-order valence-corrected chi connectivity index (χ0v) is 18.2. The van der Waals surface area contributed by atoms with E-state index in [0.29, 0.717) is 23.2 Å². The van der Waals surface area contributed by atoms with E-state index in [0.717, 1.165) is 54.3 Å². The summed E-state index contributed by atoms with van der Waals surface area (Å²) in [5, 5.41) is 0.747. The van der Waals surface area contributed by atoms with Gasteiger partial charge < -0.3 is 15.4 Å². The fourth-order valence-corrected chi connectivity index (χ4v) is 4.19. The first-order chi connectivity index (χ1) is 14.5. The molecule has 6 heteroatoms. The summed E-state index contributed by atoms with van der Waals surface area (Å²) in [5.41, 5.74) is 10.2. The molecule has 0 unspecified atom stereocenters. The summed E-state index contributed by atoms with van der Waals surface area (Å²) < 4.78 is 6.00. The second kappa shape index (κ2) is 8.92. The third kappa shape index (κ3) is 4.51.